The summed E-state index contributed by atoms with van der Waals surface area (Å²) in [6.45, 7) is 0.756. The van der Waals surface area contributed by atoms with E-state index < -0.39 is 54.9 Å². The molecule has 2 aliphatic heterocycles. The molecule has 2 aromatic rings. The number of fused-ring (bicyclic) bond motifs is 1. The predicted octanol–water partition coefficient (Wildman–Crippen LogP) is 2.39. The van der Waals surface area contributed by atoms with Gasteiger partial charge in [-0.3, -0.25) is 39.7 Å². The molecular formula is C22H18N4O10S2. The average molecular weight is 563 g/mol. The molecule has 0 radical (unpaired) electrons. The van der Waals surface area contributed by atoms with Crippen LogP contribution in [0.15, 0.2) is 64.1 Å². The SMILES string of the molecule is CC(=O)OCC1=C(S(=O)(=O)Oc2ccc([N+](=O)[O-])cc2)N2C(=O)C(N=Cc3ccc([N+](=O)[O-])cc3)[C@H]2SC1. The minimum Gasteiger partial charge on any atom is -0.461 e. The van der Waals surface area contributed by atoms with Gasteiger partial charge in [-0.05, 0) is 29.8 Å². The molecule has 1 unspecified atom stereocenters. The number of β-lactam (4-membered cyclic amide) rings is 1. The molecule has 0 saturated carbocycles. The molecule has 0 spiro atoms. The fraction of sp³-hybridized carbons (Fsp3) is 0.227. The van der Waals surface area contributed by atoms with Crippen molar-refractivity contribution in [3.63, 3.8) is 0 Å². The van der Waals surface area contributed by atoms with Crippen LogP contribution in [-0.2, 0) is 24.4 Å². The van der Waals surface area contributed by atoms with Gasteiger partial charge in [0.1, 0.15) is 17.7 Å². The summed E-state index contributed by atoms with van der Waals surface area (Å²) in [5.74, 6) is -1.43. The molecule has 0 aromatic heterocycles. The van der Waals surface area contributed by atoms with Crippen molar-refractivity contribution < 1.29 is 36.8 Å². The molecule has 1 saturated heterocycles. The largest absolute Gasteiger partial charge is 0.461 e. The smallest absolute Gasteiger partial charge is 0.355 e. The summed E-state index contributed by atoms with van der Waals surface area (Å²) >= 11 is 1.22. The number of non-ortho nitro benzene ring substituents is 2. The van der Waals surface area contributed by atoms with Crippen LogP contribution in [0.5, 0.6) is 5.75 Å². The lowest BCUT2D eigenvalue weighted by atomic mass is 10.1. The van der Waals surface area contributed by atoms with Gasteiger partial charge in [-0.25, -0.2) is 0 Å². The van der Waals surface area contributed by atoms with Gasteiger partial charge in [0.15, 0.2) is 11.1 Å². The number of esters is 1. The molecule has 0 N–H and O–H groups in total. The highest BCUT2D eigenvalue weighted by molar-refractivity contribution is 8.00. The first-order valence-corrected chi connectivity index (χ1v) is 13.2. The molecule has 4 rings (SSSR count). The number of benzene rings is 2. The molecule has 2 atom stereocenters. The number of hydrogen-bond donors (Lipinski definition) is 0. The van der Waals surface area contributed by atoms with Crippen LogP contribution < -0.4 is 4.18 Å². The fourth-order valence-electron chi connectivity index (χ4n) is 3.61. The van der Waals surface area contributed by atoms with Gasteiger partial charge < -0.3 is 8.92 Å². The second-order valence-electron chi connectivity index (χ2n) is 7.96. The third kappa shape index (κ3) is 5.50. The van der Waals surface area contributed by atoms with E-state index in [1.54, 1.807) is 0 Å². The number of carbonyl (C=O) groups is 2. The maximum Gasteiger partial charge on any atom is 0.355 e. The molecule has 2 heterocycles. The first kappa shape index (κ1) is 26.7. The molecule has 16 heteroatoms. The van der Waals surface area contributed by atoms with Crippen LogP contribution in [0.3, 0.4) is 0 Å². The molecule has 0 bridgehead atoms. The van der Waals surface area contributed by atoms with E-state index in [0.29, 0.717) is 5.56 Å². The van der Waals surface area contributed by atoms with E-state index in [4.69, 9.17) is 8.92 Å². The van der Waals surface area contributed by atoms with Crippen molar-refractivity contribution in [2.24, 2.45) is 4.99 Å². The quantitative estimate of drug-likeness (QED) is 0.109. The summed E-state index contributed by atoms with van der Waals surface area (Å²) in [5.41, 5.74) is 0.243. The first-order valence-electron chi connectivity index (χ1n) is 10.7. The summed E-state index contributed by atoms with van der Waals surface area (Å²) in [4.78, 5) is 50.1. The van der Waals surface area contributed by atoms with Gasteiger partial charge in [0, 0.05) is 48.7 Å². The van der Waals surface area contributed by atoms with Crippen molar-refractivity contribution in [1.82, 2.24) is 4.90 Å². The Morgan fingerprint density at radius 1 is 1.11 bits per heavy atom. The van der Waals surface area contributed by atoms with E-state index in [2.05, 4.69) is 4.99 Å². The number of nitro benzene ring substituents is 2. The average Bonchev–Trinajstić information content (AvgIpc) is 2.87. The van der Waals surface area contributed by atoms with Crippen LogP contribution in [0.4, 0.5) is 11.4 Å². The van der Waals surface area contributed by atoms with Gasteiger partial charge >= 0.3 is 16.1 Å². The van der Waals surface area contributed by atoms with E-state index in [0.717, 1.165) is 36.1 Å². The number of carbonyl (C=O) groups excluding carboxylic acids is 2. The molecular weight excluding hydrogens is 544 g/mol. The summed E-state index contributed by atoms with van der Waals surface area (Å²) in [6, 6.07) is 8.90. The Hall–Kier alpha value is -4.31. The zero-order chi connectivity index (χ0) is 27.6. The predicted molar refractivity (Wildman–Crippen MR) is 134 cm³/mol. The Balaban J connectivity index is 1.60. The fourth-order valence-corrected chi connectivity index (χ4v) is 6.46. The van der Waals surface area contributed by atoms with Gasteiger partial charge in [-0.15, -0.1) is 11.8 Å². The highest BCUT2D eigenvalue weighted by Crippen LogP contribution is 2.44. The van der Waals surface area contributed by atoms with Crippen LogP contribution in [0.25, 0.3) is 0 Å². The monoisotopic (exact) mass is 562 g/mol. The Morgan fingerprint density at radius 2 is 1.68 bits per heavy atom. The van der Waals surface area contributed by atoms with Crippen molar-refractivity contribution in [3.05, 3.63) is 84.9 Å². The number of amides is 1. The first-order chi connectivity index (χ1) is 18.0. The van der Waals surface area contributed by atoms with Crippen LogP contribution in [0.2, 0.25) is 0 Å². The van der Waals surface area contributed by atoms with Crippen LogP contribution in [-0.4, -0.2) is 65.0 Å². The molecule has 1 amide bonds. The lowest BCUT2D eigenvalue weighted by Crippen LogP contribution is -2.64. The topological polar surface area (TPSA) is 189 Å². The zero-order valence-electron chi connectivity index (χ0n) is 19.5. The van der Waals surface area contributed by atoms with Crippen molar-refractivity contribution in [2.75, 3.05) is 12.4 Å². The van der Waals surface area contributed by atoms with Gasteiger partial charge in [0.2, 0.25) is 0 Å². The van der Waals surface area contributed by atoms with Gasteiger partial charge in [-0.2, -0.15) is 8.42 Å². The summed E-state index contributed by atoms with van der Waals surface area (Å²) in [6.07, 6.45) is 1.36. The maximum atomic E-state index is 13.3. The summed E-state index contributed by atoms with van der Waals surface area (Å²) in [7, 11) is -4.64. The summed E-state index contributed by atoms with van der Waals surface area (Å²) < 4.78 is 36.7. The number of thioether (sulfide) groups is 1. The Kier molecular flexibility index (Phi) is 7.45. The minimum atomic E-state index is -4.64. The Labute approximate surface area is 219 Å². The minimum absolute atomic E-state index is 0.0868. The number of nitro groups is 2. The van der Waals surface area contributed by atoms with Crippen LogP contribution in [0, 0.1) is 20.2 Å². The second-order valence-corrected chi connectivity index (χ2v) is 10.5. The van der Waals surface area contributed by atoms with Crippen molar-refractivity contribution in [3.8, 4) is 5.75 Å². The van der Waals surface area contributed by atoms with Crippen LogP contribution >= 0.6 is 11.8 Å². The lowest BCUT2D eigenvalue weighted by molar-refractivity contribution is -0.385. The van der Waals surface area contributed by atoms with Crippen LogP contribution in [0.1, 0.15) is 12.5 Å². The third-order valence-corrected chi connectivity index (χ3v) is 8.09. The van der Waals surface area contributed by atoms with E-state index in [-0.39, 0.29) is 28.5 Å². The van der Waals surface area contributed by atoms with Crippen molar-refractivity contribution in [1.29, 1.82) is 0 Å². The molecule has 1 fully saturated rings. The normalized spacial score (nSPS) is 19.1. The summed E-state index contributed by atoms with van der Waals surface area (Å²) in [5, 5.41) is 20.5. The number of hydrogen-bond acceptors (Lipinski definition) is 12. The number of aliphatic imine (C=N–C) groups is 1. The number of rotatable bonds is 9. The Morgan fingerprint density at radius 3 is 2.24 bits per heavy atom. The van der Waals surface area contributed by atoms with Crippen molar-refractivity contribution >= 4 is 51.3 Å². The molecule has 2 aromatic carbocycles. The standard InChI is InChI=1S/C22H18N4O10S2/c1-13(27)35-11-15-12-37-21-19(23-10-14-2-4-16(5-3-14)25(29)30)20(28)24(21)22(15)38(33,34)36-18-8-6-17(7-9-18)26(31)32/h2-10,19,21H,11-12H2,1H3/t19?,21-/m1/s1. The zero-order valence-corrected chi connectivity index (χ0v) is 21.1. The molecule has 2 aliphatic rings. The lowest BCUT2D eigenvalue weighted by Gasteiger charge is -2.47. The highest BCUT2D eigenvalue weighted by atomic mass is 32.2. The van der Waals surface area contributed by atoms with Gasteiger partial charge in [0.25, 0.3) is 17.3 Å². The number of ether oxygens (including phenoxy) is 1. The van der Waals surface area contributed by atoms with E-state index in [1.165, 1.54) is 42.2 Å². The molecule has 14 nitrogen and oxygen atoms in total. The van der Waals surface area contributed by atoms with Crippen molar-refractivity contribution in [2.45, 2.75) is 18.3 Å². The van der Waals surface area contributed by atoms with E-state index in [9.17, 15) is 38.2 Å². The molecule has 0 aliphatic carbocycles. The second kappa shape index (κ2) is 10.6. The van der Waals surface area contributed by atoms with Gasteiger partial charge in [0.05, 0.1) is 9.85 Å². The number of nitrogens with zero attached hydrogens (tertiary/aromatic N) is 4. The maximum absolute atomic E-state index is 13.3. The van der Waals surface area contributed by atoms with Gasteiger partial charge in [-0.1, -0.05) is 0 Å². The molecule has 38 heavy (non-hydrogen) atoms. The third-order valence-electron chi connectivity index (χ3n) is 5.39. The van der Waals surface area contributed by atoms with E-state index >= 15 is 0 Å². The molecule has 198 valence electrons. The highest BCUT2D eigenvalue weighted by Gasteiger charge is 2.55. The Bertz CT molecular complexity index is 1470. The van der Waals surface area contributed by atoms with E-state index in [1.807, 2.05) is 0 Å².